The molecule has 2 aromatic carbocycles. The number of amides is 1. The number of nitrogens with zero attached hydrogens (tertiary/aromatic N) is 2. The molecule has 2 aromatic rings. The number of fused-ring (bicyclic) bond motifs is 1. The average molecular weight is 397 g/mol. The minimum Gasteiger partial charge on any atom is -0.496 e. The van der Waals surface area contributed by atoms with E-state index in [0.717, 1.165) is 52.5 Å². The van der Waals surface area contributed by atoms with E-state index in [1.54, 1.807) is 7.11 Å². The summed E-state index contributed by atoms with van der Waals surface area (Å²) < 4.78 is 12.2. The Morgan fingerprint density at radius 3 is 2.34 bits per heavy atom. The molecule has 0 saturated heterocycles. The van der Waals surface area contributed by atoms with Crippen LogP contribution in [0.3, 0.4) is 0 Å². The molecule has 0 N–H and O–H groups in total. The van der Waals surface area contributed by atoms with Gasteiger partial charge in [0.25, 0.3) is 0 Å². The number of carbonyl (C=O) groups is 1. The molecule has 1 atom stereocenters. The summed E-state index contributed by atoms with van der Waals surface area (Å²) >= 11 is 0. The zero-order chi connectivity index (χ0) is 21.1. The van der Waals surface area contributed by atoms with Gasteiger partial charge in [-0.3, -0.25) is 9.69 Å². The summed E-state index contributed by atoms with van der Waals surface area (Å²) in [5, 5.41) is 0. The van der Waals surface area contributed by atoms with Gasteiger partial charge in [-0.1, -0.05) is 44.2 Å². The number of ether oxygens (including phenoxy) is 2. The molecule has 0 radical (unpaired) electrons. The summed E-state index contributed by atoms with van der Waals surface area (Å²) in [7, 11) is 1.68. The molecule has 1 heterocycles. The van der Waals surface area contributed by atoms with Crippen LogP contribution in [-0.4, -0.2) is 44.1 Å². The molecule has 5 heteroatoms. The van der Waals surface area contributed by atoms with Gasteiger partial charge in [-0.2, -0.15) is 0 Å². The monoisotopic (exact) mass is 396 g/mol. The van der Waals surface area contributed by atoms with E-state index in [0.29, 0.717) is 13.1 Å². The molecule has 156 valence electrons. The number of rotatable bonds is 6. The normalized spacial score (nSPS) is 15.8. The number of hydrogen-bond donors (Lipinski definition) is 0. The van der Waals surface area contributed by atoms with Gasteiger partial charge in [0.05, 0.1) is 25.9 Å². The molecule has 29 heavy (non-hydrogen) atoms. The number of likely N-dealkylation sites (N-methyl/N-ethyl adjacent to an activating group) is 1. The number of carbonyl (C=O) groups excluding carboxylic acids is 1. The fourth-order valence-corrected chi connectivity index (χ4v) is 4.08. The summed E-state index contributed by atoms with van der Waals surface area (Å²) in [4.78, 5) is 17.4. The van der Waals surface area contributed by atoms with Gasteiger partial charge in [-0.25, -0.2) is 0 Å². The van der Waals surface area contributed by atoms with Crippen molar-refractivity contribution in [3.63, 3.8) is 0 Å². The highest BCUT2D eigenvalue weighted by Gasteiger charge is 2.35. The zero-order valence-electron chi connectivity index (χ0n) is 18.4. The fraction of sp³-hybridized carbons (Fsp3) is 0.458. The van der Waals surface area contributed by atoms with E-state index >= 15 is 0 Å². The van der Waals surface area contributed by atoms with Crippen molar-refractivity contribution in [1.29, 1.82) is 0 Å². The Labute approximate surface area is 174 Å². The van der Waals surface area contributed by atoms with Crippen molar-refractivity contribution in [1.82, 2.24) is 4.90 Å². The highest BCUT2D eigenvalue weighted by atomic mass is 16.5. The van der Waals surface area contributed by atoms with Gasteiger partial charge >= 0.3 is 0 Å². The first-order valence-electron chi connectivity index (χ1n) is 10.3. The largest absolute Gasteiger partial charge is 0.496 e. The van der Waals surface area contributed by atoms with E-state index in [-0.39, 0.29) is 12.0 Å². The Balaban J connectivity index is 2.11. The van der Waals surface area contributed by atoms with Crippen LogP contribution in [0, 0.1) is 20.8 Å². The van der Waals surface area contributed by atoms with Gasteiger partial charge in [0.1, 0.15) is 17.6 Å². The van der Waals surface area contributed by atoms with Crippen molar-refractivity contribution in [3.05, 3.63) is 52.6 Å². The third kappa shape index (κ3) is 3.97. The molecule has 0 aromatic heterocycles. The van der Waals surface area contributed by atoms with Crippen LogP contribution < -0.4 is 14.4 Å². The quantitative estimate of drug-likeness (QED) is 0.724. The third-order valence-corrected chi connectivity index (χ3v) is 5.96. The molecule has 1 aliphatic heterocycles. The van der Waals surface area contributed by atoms with Crippen molar-refractivity contribution in [2.75, 3.05) is 38.2 Å². The summed E-state index contributed by atoms with van der Waals surface area (Å²) in [6.45, 7) is 12.8. The van der Waals surface area contributed by atoms with Crippen molar-refractivity contribution < 1.29 is 14.3 Å². The van der Waals surface area contributed by atoms with Crippen molar-refractivity contribution in [2.24, 2.45) is 0 Å². The predicted molar refractivity (Wildman–Crippen MR) is 117 cm³/mol. The van der Waals surface area contributed by atoms with Crippen LogP contribution in [0.15, 0.2) is 30.3 Å². The van der Waals surface area contributed by atoms with Gasteiger partial charge in [0.2, 0.25) is 5.91 Å². The first kappa shape index (κ1) is 21.2. The predicted octanol–water partition coefficient (Wildman–Crippen LogP) is 4.43. The third-order valence-electron chi connectivity index (χ3n) is 5.96. The first-order chi connectivity index (χ1) is 13.9. The maximum absolute atomic E-state index is 13.4. The van der Waals surface area contributed by atoms with Crippen LogP contribution in [-0.2, 0) is 4.79 Å². The van der Waals surface area contributed by atoms with Crippen LogP contribution in [0.25, 0.3) is 0 Å². The molecule has 0 fully saturated rings. The van der Waals surface area contributed by atoms with E-state index in [4.69, 9.17) is 9.47 Å². The second kappa shape index (κ2) is 8.87. The molecule has 3 rings (SSSR count). The topological polar surface area (TPSA) is 42.0 Å². The number of anilines is 1. The lowest BCUT2D eigenvalue weighted by Gasteiger charge is -2.38. The van der Waals surface area contributed by atoms with Crippen LogP contribution in [0.5, 0.6) is 11.5 Å². The van der Waals surface area contributed by atoms with Crippen LogP contribution >= 0.6 is 0 Å². The molecule has 0 saturated carbocycles. The summed E-state index contributed by atoms with van der Waals surface area (Å²) in [6.07, 6.45) is -0.199. The number of methoxy groups -OCH3 is 1. The fourth-order valence-electron chi connectivity index (χ4n) is 4.08. The summed E-state index contributed by atoms with van der Waals surface area (Å²) in [6, 6.07) is 10.1. The number of hydrogen-bond acceptors (Lipinski definition) is 4. The minimum atomic E-state index is -0.199. The second-order valence-corrected chi connectivity index (χ2v) is 7.57. The minimum absolute atomic E-state index is 0.0904. The Bertz CT molecular complexity index is 876. The average Bonchev–Trinajstić information content (AvgIpc) is 2.75. The number of benzene rings is 2. The Morgan fingerprint density at radius 1 is 1.10 bits per heavy atom. The van der Waals surface area contributed by atoms with Crippen LogP contribution in [0.4, 0.5) is 5.69 Å². The second-order valence-electron chi connectivity index (χ2n) is 7.57. The van der Waals surface area contributed by atoms with E-state index < -0.39 is 0 Å². The molecule has 0 bridgehead atoms. The van der Waals surface area contributed by atoms with Crippen LogP contribution in [0.1, 0.15) is 42.2 Å². The maximum Gasteiger partial charge on any atom is 0.241 e. The van der Waals surface area contributed by atoms with Crippen molar-refractivity contribution >= 4 is 11.6 Å². The Hall–Kier alpha value is -2.53. The molecule has 0 spiro atoms. The Morgan fingerprint density at radius 2 is 1.76 bits per heavy atom. The lowest BCUT2D eigenvalue weighted by molar-refractivity contribution is -0.120. The van der Waals surface area contributed by atoms with Gasteiger partial charge < -0.3 is 14.4 Å². The van der Waals surface area contributed by atoms with E-state index in [1.165, 1.54) is 0 Å². The van der Waals surface area contributed by atoms with Gasteiger partial charge in [-0.05, 0) is 50.6 Å². The van der Waals surface area contributed by atoms with E-state index in [9.17, 15) is 4.79 Å². The summed E-state index contributed by atoms with van der Waals surface area (Å²) in [5.41, 5.74) is 4.93. The van der Waals surface area contributed by atoms with Gasteiger partial charge in [0.15, 0.2) is 0 Å². The molecular formula is C24H32N2O3. The van der Waals surface area contributed by atoms with Crippen molar-refractivity contribution in [3.8, 4) is 11.5 Å². The highest BCUT2D eigenvalue weighted by Crippen LogP contribution is 2.48. The maximum atomic E-state index is 13.4. The van der Waals surface area contributed by atoms with Gasteiger partial charge in [-0.15, -0.1) is 0 Å². The molecule has 0 aliphatic carbocycles. The standard InChI is InChI=1S/C24H32N2O3/c1-7-25(8-2)15-21(27)26-14-20(19-12-10-9-11-13-19)29-24-17(4)16(3)23(28-6)18(5)22(24)26/h9-13,20H,7-8,14-15H2,1-6H3. The lowest BCUT2D eigenvalue weighted by Crippen LogP contribution is -2.45. The molecule has 1 aliphatic rings. The first-order valence-corrected chi connectivity index (χ1v) is 10.3. The van der Waals surface area contributed by atoms with Crippen molar-refractivity contribution in [2.45, 2.75) is 40.7 Å². The molecule has 1 unspecified atom stereocenters. The SMILES string of the molecule is CCN(CC)CC(=O)N1CC(c2ccccc2)Oc2c(C)c(C)c(OC)c(C)c21. The van der Waals surface area contributed by atoms with E-state index in [1.807, 2.05) is 43.9 Å². The smallest absolute Gasteiger partial charge is 0.241 e. The highest BCUT2D eigenvalue weighted by molar-refractivity contribution is 5.98. The van der Waals surface area contributed by atoms with Gasteiger partial charge in [0, 0.05) is 5.56 Å². The molecule has 1 amide bonds. The van der Waals surface area contributed by atoms with E-state index in [2.05, 4.69) is 30.9 Å². The molecular weight excluding hydrogens is 364 g/mol. The van der Waals surface area contributed by atoms with Crippen LogP contribution in [0.2, 0.25) is 0 Å². The summed E-state index contributed by atoms with van der Waals surface area (Å²) in [5.74, 6) is 1.70. The zero-order valence-corrected chi connectivity index (χ0v) is 18.4. The molecule has 5 nitrogen and oxygen atoms in total. The Kier molecular flexibility index (Phi) is 6.48. The lowest BCUT2D eigenvalue weighted by atomic mass is 9.97.